The fraction of sp³-hybridized carbons (Fsp3) is 0.226. The number of hydrogen-bond donors (Lipinski definition) is 0. The molecule has 0 radical (unpaired) electrons. The van der Waals surface area contributed by atoms with Gasteiger partial charge in [-0.15, -0.1) is 0 Å². The van der Waals surface area contributed by atoms with Crippen molar-refractivity contribution in [1.29, 1.82) is 0 Å². The third kappa shape index (κ3) is 5.43. The molecule has 1 heterocycles. The predicted octanol–water partition coefficient (Wildman–Crippen LogP) is 7.97. The van der Waals surface area contributed by atoms with Gasteiger partial charge in [0.1, 0.15) is 12.3 Å². The van der Waals surface area contributed by atoms with Gasteiger partial charge in [0.25, 0.3) is 0 Å². The van der Waals surface area contributed by atoms with Gasteiger partial charge in [0.05, 0.1) is 5.56 Å². The Bertz CT molecular complexity index is 1230. The lowest BCUT2D eigenvalue weighted by Gasteiger charge is -2.17. The van der Waals surface area contributed by atoms with Crippen LogP contribution in [0, 0.1) is 0 Å². The lowest BCUT2D eigenvalue weighted by atomic mass is 9.93. The largest absolute Gasteiger partial charge is 0.458 e. The van der Waals surface area contributed by atoms with Crippen molar-refractivity contribution >= 4 is 11.5 Å². The van der Waals surface area contributed by atoms with Crippen LogP contribution in [0.5, 0.6) is 0 Å². The van der Waals surface area contributed by atoms with Gasteiger partial charge in [-0.2, -0.15) is 0 Å². The zero-order valence-corrected chi connectivity index (χ0v) is 19.8. The number of rotatable bonds is 6. The summed E-state index contributed by atoms with van der Waals surface area (Å²) in [5, 5.41) is 0. The summed E-state index contributed by atoms with van der Waals surface area (Å²) in [7, 11) is 0. The highest BCUT2D eigenvalue weighted by atomic mass is 16.5. The Morgan fingerprint density at radius 1 is 0.743 bits per heavy atom. The number of oxazole rings is 1. The van der Waals surface area contributed by atoms with E-state index in [2.05, 4.69) is 12.1 Å². The average Bonchev–Trinajstić information content (AvgIpc) is 3.35. The summed E-state index contributed by atoms with van der Waals surface area (Å²) in [6.45, 7) is 0.257. The van der Waals surface area contributed by atoms with E-state index in [9.17, 15) is 4.79 Å². The zero-order chi connectivity index (χ0) is 23.9. The monoisotopic (exact) mass is 463 g/mol. The number of hydrogen-bond acceptors (Lipinski definition) is 4. The fourth-order valence-corrected chi connectivity index (χ4v) is 4.58. The molecule has 176 valence electrons. The molecule has 35 heavy (non-hydrogen) atoms. The van der Waals surface area contributed by atoms with E-state index in [1.165, 1.54) is 12.8 Å². The van der Waals surface area contributed by atoms with Crippen LogP contribution >= 0.6 is 0 Å². The van der Waals surface area contributed by atoms with Gasteiger partial charge in [0, 0.05) is 16.7 Å². The first-order chi connectivity index (χ1) is 17.3. The number of allylic oxidation sites excluding steroid dienone is 1. The van der Waals surface area contributed by atoms with Crippen LogP contribution in [-0.2, 0) is 4.74 Å². The van der Waals surface area contributed by atoms with E-state index in [1.807, 2.05) is 66.7 Å². The molecule has 0 saturated heterocycles. The third-order valence-corrected chi connectivity index (χ3v) is 6.44. The Hall–Kier alpha value is -3.92. The predicted molar refractivity (Wildman–Crippen MR) is 139 cm³/mol. The smallest absolute Gasteiger partial charge is 0.338 e. The molecule has 3 aromatic carbocycles. The first-order valence-electron chi connectivity index (χ1n) is 12.3. The highest BCUT2D eigenvalue weighted by Gasteiger charge is 2.23. The maximum atomic E-state index is 12.6. The van der Waals surface area contributed by atoms with Crippen molar-refractivity contribution in [2.24, 2.45) is 0 Å². The second kappa shape index (κ2) is 11.0. The van der Waals surface area contributed by atoms with Crippen molar-refractivity contribution in [3.8, 4) is 22.6 Å². The molecule has 5 rings (SSSR count). The van der Waals surface area contributed by atoms with E-state index in [0.717, 1.165) is 59.4 Å². The Labute approximate surface area is 206 Å². The maximum Gasteiger partial charge on any atom is 0.338 e. The van der Waals surface area contributed by atoms with Gasteiger partial charge in [0.2, 0.25) is 5.89 Å². The molecule has 0 N–H and O–H groups in total. The van der Waals surface area contributed by atoms with E-state index >= 15 is 0 Å². The van der Waals surface area contributed by atoms with Crippen molar-refractivity contribution in [2.45, 2.75) is 38.5 Å². The maximum absolute atomic E-state index is 12.6. The van der Waals surface area contributed by atoms with E-state index in [4.69, 9.17) is 14.1 Å². The summed E-state index contributed by atoms with van der Waals surface area (Å²) >= 11 is 0. The van der Waals surface area contributed by atoms with Crippen molar-refractivity contribution in [3.05, 3.63) is 108 Å². The van der Waals surface area contributed by atoms with Crippen LogP contribution in [0.1, 0.15) is 54.8 Å². The lowest BCUT2D eigenvalue weighted by molar-refractivity contribution is 0.0537. The molecule has 0 fully saturated rings. The minimum absolute atomic E-state index is 0.257. The van der Waals surface area contributed by atoms with Crippen LogP contribution in [-0.4, -0.2) is 17.6 Å². The van der Waals surface area contributed by atoms with Gasteiger partial charge >= 0.3 is 5.97 Å². The standard InChI is InChI=1S/C31H29NO3/c33-31(25-18-11-5-12-19-25)34-22-26-20-6-1-2-13-21-27(26)30-32-28(23-14-7-3-8-15-23)29(35-30)24-16-9-4-10-17-24/h3-5,7-12,14-19H,1-2,6,13,20-22H2. The van der Waals surface area contributed by atoms with Gasteiger partial charge in [-0.25, -0.2) is 9.78 Å². The van der Waals surface area contributed by atoms with Crippen LogP contribution in [0.15, 0.2) is 101 Å². The van der Waals surface area contributed by atoms with E-state index in [1.54, 1.807) is 12.1 Å². The number of benzene rings is 3. The molecule has 0 saturated carbocycles. The quantitative estimate of drug-likeness (QED) is 0.272. The molecule has 4 nitrogen and oxygen atoms in total. The molecule has 1 aliphatic carbocycles. The summed E-state index contributed by atoms with van der Waals surface area (Å²) in [6.07, 6.45) is 6.23. The lowest BCUT2D eigenvalue weighted by Crippen LogP contribution is -2.10. The van der Waals surface area contributed by atoms with Crippen LogP contribution in [0.4, 0.5) is 0 Å². The molecule has 0 bridgehead atoms. The molecule has 0 atom stereocenters. The van der Waals surface area contributed by atoms with E-state index < -0.39 is 0 Å². The Balaban J connectivity index is 1.53. The van der Waals surface area contributed by atoms with E-state index in [0.29, 0.717) is 11.5 Å². The highest BCUT2D eigenvalue weighted by molar-refractivity contribution is 5.89. The number of carbonyl (C=O) groups excluding carboxylic acids is 1. The number of ether oxygens (including phenoxy) is 1. The van der Waals surface area contributed by atoms with Gasteiger partial charge in [-0.05, 0) is 43.4 Å². The van der Waals surface area contributed by atoms with Crippen LogP contribution < -0.4 is 0 Å². The summed E-state index contributed by atoms with van der Waals surface area (Å²) in [5.41, 5.74) is 5.59. The number of aromatic nitrogens is 1. The summed E-state index contributed by atoms with van der Waals surface area (Å²) in [5.74, 6) is 1.10. The molecule has 1 aliphatic rings. The van der Waals surface area contributed by atoms with Gasteiger partial charge in [-0.1, -0.05) is 91.7 Å². The molecule has 0 spiro atoms. The Morgan fingerprint density at radius 3 is 2.03 bits per heavy atom. The highest BCUT2D eigenvalue weighted by Crippen LogP contribution is 2.38. The Kier molecular flexibility index (Phi) is 7.18. The minimum atomic E-state index is -0.304. The normalized spacial score (nSPS) is 14.3. The first kappa shape index (κ1) is 22.9. The topological polar surface area (TPSA) is 52.3 Å². The minimum Gasteiger partial charge on any atom is -0.458 e. The third-order valence-electron chi connectivity index (χ3n) is 6.44. The second-order valence-corrected chi connectivity index (χ2v) is 8.87. The molecular weight excluding hydrogens is 434 g/mol. The molecule has 1 aromatic heterocycles. The zero-order valence-electron chi connectivity index (χ0n) is 19.8. The number of nitrogens with zero attached hydrogens (tertiary/aromatic N) is 1. The molecular formula is C31H29NO3. The molecule has 0 amide bonds. The molecule has 4 heteroatoms. The molecule has 4 aromatic rings. The fourth-order valence-electron chi connectivity index (χ4n) is 4.58. The average molecular weight is 464 g/mol. The summed E-state index contributed by atoms with van der Waals surface area (Å²) in [4.78, 5) is 17.7. The van der Waals surface area contributed by atoms with Crippen molar-refractivity contribution in [2.75, 3.05) is 6.61 Å². The van der Waals surface area contributed by atoms with Crippen molar-refractivity contribution in [1.82, 2.24) is 4.98 Å². The summed E-state index contributed by atoms with van der Waals surface area (Å²) < 4.78 is 12.3. The van der Waals surface area contributed by atoms with Crippen molar-refractivity contribution in [3.63, 3.8) is 0 Å². The first-order valence-corrected chi connectivity index (χ1v) is 12.3. The Morgan fingerprint density at radius 2 is 1.34 bits per heavy atom. The summed E-state index contributed by atoms with van der Waals surface area (Å²) in [6, 6.07) is 29.4. The van der Waals surface area contributed by atoms with Gasteiger partial charge < -0.3 is 9.15 Å². The van der Waals surface area contributed by atoms with Crippen molar-refractivity contribution < 1.29 is 13.9 Å². The second-order valence-electron chi connectivity index (χ2n) is 8.87. The number of carbonyl (C=O) groups is 1. The van der Waals surface area contributed by atoms with Gasteiger partial charge in [-0.3, -0.25) is 0 Å². The number of esters is 1. The van der Waals surface area contributed by atoms with Crippen LogP contribution in [0.2, 0.25) is 0 Å². The molecule has 0 aliphatic heterocycles. The SMILES string of the molecule is O=C(OCC1=C(c2nc(-c3ccccc3)c(-c3ccccc3)o2)CCCCCC1)c1ccccc1. The van der Waals surface area contributed by atoms with Gasteiger partial charge in [0.15, 0.2) is 5.76 Å². The van der Waals surface area contributed by atoms with Crippen LogP contribution in [0.3, 0.4) is 0 Å². The van der Waals surface area contributed by atoms with E-state index in [-0.39, 0.29) is 12.6 Å². The van der Waals surface area contributed by atoms with Crippen LogP contribution in [0.25, 0.3) is 28.2 Å². The molecule has 0 unspecified atom stereocenters.